The van der Waals surface area contributed by atoms with Crippen LogP contribution in [0.15, 0.2) is 47.5 Å². The Bertz CT molecular complexity index is 906. The highest BCUT2D eigenvalue weighted by atomic mass is 127. The quantitative estimate of drug-likeness (QED) is 0.337. The third-order valence-corrected chi connectivity index (χ3v) is 5.02. The van der Waals surface area contributed by atoms with Gasteiger partial charge in [-0.15, -0.1) is 24.0 Å². The standard InChI is InChI=1S/C22H26F2N4O.HI/c1-15(18-8-9-19(23)20(24)12-18)27-22(25-2)26-13-16-5-3-6-17(11-16)14-28-10-4-7-21(28)29;/h3,5-6,8-9,11-12,15H,4,7,10,13-14H2,1-2H3,(H2,25,26,27);1H. The summed E-state index contributed by atoms with van der Waals surface area (Å²) >= 11 is 0. The summed E-state index contributed by atoms with van der Waals surface area (Å²) in [4.78, 5) is 17.9. The monoisotopic (exact) mass is 528 g/mol. The molecule has 30 heavy (non-hydrogen) atoms. The first-order chi connectivity index (χ1) is 14.0. The van der Waals surface area contributed by atoms with Crippen molar-refractivity contribution >= 4 is 35.8 Å². The van der Waals surface area contributed by atoms with Gasteiger partial charge in [0.05, 0.1) is 6.04 Å². The van der Waals surface area contributed by atoms with Gasteiger partial charge in [0.1, 0.15) is 0 Å². The molecule has 1 amide bonds. The minimum atomic E-state index is -0.868. The van der Waals surface area contributed by atoms with Gasteiger partial charge in [0, 0.05) is 33.1 Å². The predicted octanol–water partition coefficient (Wildman–Crippen LogP) is 4.13. The van der Waals surface area contributed by atoms with E-state index in [0.717, 1.165) is 30.2 Å². The number of amides is 1. The Hall–Kier alpha value is -2.23. The maximum Gasteiger partial charge on any atom is 0.222 e. The summed E-state index contributed by atoms with van der Waals surface area (Å²) in [5.41, 5.74) is 2.79. The summed E-state index contributed by atoms with van der Waals surface area (Å²) in [6.07, 6.45) is 1.57. The van der Waals surface area contributed by atoms with Crippen molar-refractivity contribution in [1.82, 2.24) is 15.5 Å². The molecule has 0 aliphatic carbocycles. The number of carbonyl (C=O) groups excluding carboxylic acids is 1. The lowest BCUT2D eigenvalue weighted by molar-refractivity contribution is -0.128. The molecule has 162 valence electrons. The van der Waals surface area contributed by atoms with E-state index >= 15 is 0 Å². The molecular weight excluding hydrogens is 501 g/mol. The molecule has 1 aliphatic rings. The Morgan fingerprint density at radius 2 is 1.93 bits per heavy atom. The third-order valence-electron chi connectivity index (χ3n) is 5.02. The Balaban J connectivity index is 0.00000320. The minimum absolute atomic E-state index is 0. The number of rotatable bonds is 6. The molecule has 1 heterocycles. The van der Waals surface area contributed by atoms with Crippen molar-refractivity contribution in [2.75, 3.05) is 13.6 Å². The highest BCUT2D eigenvalue weighted by molar-refractivity contribution is 14.0. The first-order valence-corrected chi connectivity index (χ1v) is 9.74. The highest BCUT2D eigenvalue weighted by Crippen LogP contribution is 2.17. The molecule has 8 heteroatoms. The summed E-state index contributed by atoms with van der Waals surface area (Å²) in [7, 11) is 1.66. The number of likely N-dealkylation sites (tertiary alicyclic amines) is 1. The van der Waals surface area contributed by atoms with Crippen molar-refractivity contribution in [1.29, 1.82) is 0 Å². The molecule has 0 spiro atoms. The number of nitrogens with zero attached hydrogens (tertiary/aromatic N) is 2. The first kappa shape index (κ1) is 24.0. The topological polar surface area (TPSA) is 56.7 Å². The smallest absolute Gasteiger partial charge is 0.222 e. The minimum Gasteiger partial charge on any atom is -0.352 e. The number of nitrogens with one attached hydrogen (secondary N) is 2. The maximum absolute atomic E-state index is 13.5. The first-order valence-electron chi connectivity index (χ1n) is 9.74. The van der Waals surface area contributed by atoms with E-state index in [2.05, 4.69) is 21.7 Å². The lowest BCUT2D eigenvalue weighted by atomic mass is 10.1. The van der Waals surface area contributed by atoms with E-state index in [1.807, 2.05) is 30.0 Å². The van der Waals surface area contributed by atoms with Crippen LogP contribution in [0.1, 0.15) is 42.5 Å². The van der Waals surface area contributed by atoms with E-state index in [4.69, 9.17) is 0 Å². The Labute approximate surface area is 193 Å². The number of guanidine groups is 1. The SMILES string of the molecule is CN=C(NCc1cccc(CN2CCCC2=O)c1)NC(C)c1ccc(F)c(F)c1.I. The molecule has 0 bridgehead atoms. The normalized spacial score (nSPS) is 15.0. The molecule has 1 unspecified atom stereocenters. The zero-order valence-corrected chi connectivity index (χ0v) is 19.5. The van der Waals surface area contributed by atoms with Gasteiger partial charge in [0.15, 0.2) is 17.6 Å². The van der Waals surface area contributed by atoms with Crippen LogP contribution in [-0.4, -0.2) is 30.4 Å². The molecule has 3 rings (SSSR count). The Kier molecular flexibility index (Phi) is 9.01. The number of benzene rings is 2. The molecule has 1 saturated heterocycles. The molecule has 0 radical (unpaired) electrons. The van der Waals surface area contributed by atoms with Crippen LogP contribution >= 0.6 is 24.0 Å². The van der Waals surface area contributed by atoms with Crippen LogP contribution in [0, 0.1) is 11.6 Å². The van der Waals surface area contributed by atoms with E-state index in [9.17, 15) is 13.6 Å². The van der Waals surface area contributed by atoms with E-state index in [-0.39, 0.29) is 35.9 Å². The molecule has 1 fully saturated rings. The van der Waals surface area contributed by atoms with Crippen LogP contribution in [0.2, 0.25) is 0 Å². The second-order valence-electron chi connectivity index (χ2n) is 7.20. The Morgan fingerprint density at radius 1 is 1.17 bits per heavy atom. The molecular formula is C22H27F2IN4O. The average Bonchev–Trinajstić information content (AvgIpc) is 3.11. The van der Waals surface area contributed by atoms with Crippen LogP contribution < -0.4 is 10.6 Å². The van der Waals surface area contributed by atoms with Crippen molar-refractivity contribution < 1.29 is 13.6 Å². The molecule has 0 aromatic heterocycles. The second-order valence-corrected chi connectivity index (χ2v) is 7.20. The van der Waals surface area contributed by atoms with Crippen LogP contribution in [0.4, 0.5) is 8.78 Å². The van der Waals surface area contributed by atoms with Gasteiger partial charge in [0.2, 0.25) is 5.91 Å². The maximum atomic E-state index is 13.5. The van der Waals surface area contributed by atoms with Crippen molar-refractivity contribution in [3.63, 3.8) is 0 Å². The van der Waals surface area contributed by atoms with E-state index in [1.165, 1.54) is 6.07 Å². The van der Waals surface area contributed by atoms with E-state index in [1.54, 1.807) is 13.1 Å². The molecule has 0 saturated carbocycles. The van der Waals surface area contributed by atoms with Gasteiger partial charge in [-0.1, -0.05) is 30.3 Å². The average molecular weight is 528 g/mol. The Morgan fingerprint density at radius 3 is 2.60 bits per heavy atom. The molecule has 1 aliphatic heterocycles. The highest BCUT2D eigenvalue weighted by Gasteiger charge is 2.20. The lowest BCUT2D eigenvalue weighted by Crippen LogP contribution is -2.38. The van der Waals surface area contributed by atoms with Crippen LogP contribution in [-0.2, 0) is 17.9 Å². The number of halogens is 3. The molecule has 2 N–H and O–H groups in total. The van der Waals surface area contributed by atoms with E-state index in [0.29, 0.717) is 31.0 Å². The van der Waals surface area contributed by atoms with Gasteiger partial charge in [-0.25, -0.2) is 8.78 Å². The largest absolute Gasteiger partial charge is 0.352 e. The molecule has 1 atom stereocenters. The number of hydrogen-bond donors (Lipinski definition) is 2. The van der Waals surface area contributed by atoms with Gasteiger partial charge in [-0.2, -0.15) is 0 Å². The fraction of sp³-hybridized carbons (Fsp3) is 0.364. The van der Waals surface area contributed by atoms with Gasteiger partial charge in [0.25, 0.3) is 0 Å². The molecule has 2 aromatic carbocycles. The van der Waals surface area contributed by atoms with Gasteiger partial charge in [-0.3, -0.25) is 9.79 Å². The van der Waals surface area contributed by atoms with Crippen LogP contribution in [0.5, 0.6) is 0 Å². The summed E-state index contributed by atoms with van der Waals surface area (Å²) in [5, 5.41) is 6.41. The molecule has 2 aromatic rings. The van der Waals surface area contributed by atoms with Crippen molar-refractivity contribution in [3.8, 4) is 0 Å². The lowest BCUT2D eigenvalue weighted by Gasteiger charge is -2.19. The van der Waals surface area contributed by atoms with Crippen LogP contribution in [0.3, 0.4) is 0 Å². The fourth-order valence-corrected chi connectivity index (χ4v) is 3.38. The van der Waals surface area contributed by atoms with Crippen molar-refractivity contribution in [3.05, 3.63) is 70.8 Å². The van der Waals surface area contributed by atoms with Gasteiger partial charge >= 0.3 is 0 Å². The zero-order chi connectivity index (χ0) is 20.8. The van der Waals surface area contributed by atoms with Crippen molar-refractivity contribution in [2.24, 2.45) is 4.99 Å². The van der Waals surface area contributed by atoms with Crippen molar-refractivity contribution in [2.45, 2.75) is 38.9 Å². The summed E-state index contributed by atoms with van der Waals surface area (Å²) in [6.45, 7) is 3.85. The number of carbonyl (C=O) groups is 1. The second kappa shape index (κ2) is 11.2. The fourth-order valence-electron chi connectivity index (χ4n) is 3.38. The molecule has 5 nitrogen and oxygen atoms in total. The number of hydrogen-bond acceptors (Lipinski definition) is 2. The van der Waals surface area contributed by atoms with E-state index < -0.39 is 11.6 Å². The summed E-state index contributed by atoms with van der Waals surface area (Å²) < 4.78 is 26.6. The zero-order valence-electron chi connectivity index (χ0n) is 17.1. The predicted molar refractivity (Wildman–Crippen MR) is 125 cm³/mol. The summed E-state index contributed by atoms with van der Waals surface area (Å²) in [5.74, 6) is -0.960. The summed E-state index contributed by atoms with van der Waals surface area (Å²) in [6, 6.07) is 11.7. The van der Waals surface area contributed by atoms with Gasteiger partial charge in [-0.05, 0) is 42.2 Å². The van der Waals surface area contributed by atoms with Gasteiger partial charge < -0.3 is 15.5 Å². The van der Waals surface area contributed by atoms with Crippen LogP contribution in [0.25, 0.3) is 0 Å². The number of aliphatic imine (C=N–C) groups is 1. The third kappa shape index (κ3) is 6.38.